The van der Waals surface area contributed by atoms with Crippen molar-refractivity contribution in [2.75, 3.05) is 0 Å². The first-order valence-corrected chi connectivity index (χ1v) is 12.1. The number of ether oxygens (including phenoxy) is 1. The zero-order chi connectivity index (χ0) is 26.3. The Balaban J connectivity index is 1.28. The molecule has 4 atom stereocenters. The van der Waals surface area contributed by atoms with E-state index in [0.717, 1.165) is 17.3 Å². The molecule has 0 aliphatic heterocycles. The van der Waals surface area contributed by atoms with E-state index in [4.69, 9.17) is 4.74 Å². The van der Waals surface area contributed by atoms with Crippen molar-refractivity contribution < 1.29 is 32.2 Å². The smallest absolute Gasteiger partial charge is 0.418 e. The zero-order valence-corrected chi connectivity index (χ0v) is 20.1. The van der Waals surface area contributed by atoms with E-state index < -0.39 is 34.9 Å². The van der Waals surface area contributed by atoms with Crippen molar-refractivity contribution in [2.24, 2.45) is 11.8 Å². The number of carboxylic acid groups (broad SMARTS) is 1. The van der Waals surface area contributed by atoms with Gasteiger partial charge in [0.2, 0.25) is 5.88 Å². The minimum Gasteiger partial charge on any atom is -0.481 e. The summed E-state index contributed by atoms with van der Waals surface area (Å²) in [5, 5.41) is 9.28. The quantitative estimate of drug-likeness (QED) is 0.425. The Morgan fingerprint density at radius 1 is 1.16 bits per heavy atom. The maximum atomic E-state index is 15.1. The third-order valence-electron chi connectivity index (χ3n) is 8.22. The number of carbonyl (C=O) groups is 1. The van der Waals surface area contributed by atoms with Crippen molar-refractivity contribution in [2.45, 2.75) is 56.7 Å². The molecule has 2 aromatic heterocycles. The molecule has 0 spiro atoms. The molecule has 1 aromatic carbocycles. The van der Waals surface area contributed by atoms with Crippen LogP contribution < -0.4 is 4.74 Å². The third kappa shape index (κ3) is 3.86. The monoisotopic (exact) mass is 512 g/mol. The summed E-state index contributed by atoms with van der Waals surface area (Å²) in [5.41, 5.74) is 2.34. The number of pyridine rings is 2. The number of hydrogen-bond donors (Lipinski definition) is 1. The van der Waals surface area contributed by atoms with Gasteiger partial charge in [-0.2, -0.15) is 13.2 Å². The molecule has 192 valence electrons. The van der Waals surface area contributed by atoms with Gasteiger partial charge in [-0.3, -0.25) is 9.78 Å². The number of rotatable bonds is 5. The summed E-state index contributed by atoms with van der Waals surface area (Å²) >= 11 is 0. The first-order chi connectivity index (χ1) is 17.5. The highest BCUT2D eigenvalue weighted by atomic mass is 19.4. The molecule has 3 aromatic rings. The van der Waals surface area contributed by atoms with E-state index >= 15 is 4.39 Å². The van der Waals surface area contributed by atoms with Gasteiger partial charge in [-0.15, -0.1) is 0 Å². The fourth-order valence-corrected chi connectivity index (χ4v) is 6.41. The minimum absolute atomic E-state index is 0.00160. The number of aromatic nitrogens is 2. The third-order valence-corrected chi connectivity index (χ3v) is 8.22. The number of alkyl halides is 3. The molecule has 2 heterocycles. The maximum absolute atomic E-state index is 15.1. The van der Waals surface area contributed by atoms with E-state index in [2.05, 4.69) is 9.97 Å². The van der Waals surface area contributed by atoms with E-state index in [1.54, 1.807) is 18.3 Å². The highest BCUT2D eigenvalue weighted by molar-refractivity contribution is 5.77. The van der Waals surface area contributed by atoms with Crippen LogP contribution in [0.15, 0.2) is 42.9 Å². The summed E-state index contributed by atoms with van der Waals surface area (Å²) in [4.78, 5) is 19.3. The summed E-state index contributed by atoms with van der Waals surface area (Å²) in [7, 11) is 0. The van der Waals surface area contributed by atoms with Crippen LogP contribution in [0.3, 0.4) is 0 Å². The molecule has 3 aliphatic carbocycles. The molecule has 1 fully saturated rings. The van der Waals surface area contributed by atoms with Crippen LogP contribution in [-0.2, 0) is 29.4 Å². The molecule has 37 heavy (non-hydrogen) atoms. The molecule has 3 aliphatic rings. The van der Waals surface area contributed by atoms with E-state index in [-0.39, 0.29) is 35.5 Å². The molecule has 9 heteroatoms. The summed E-state index contributed by atoms with van der Waals surface area (Å²) in [6.45, 7) is 3.68. The molecule has 0 bridgehead atoms. The standard InChI is InChI=1S/C28H24F4N2O3/c1-27(2)9-18(15-3-4-33-11-21(15)28(30,31)32)16-6-14(22(29)8-20(16)27)12-37-23-7-13-5-17-24(19(13)10-34-23)25(17)26(35)36/h3-4,6-8,10-11,17-18,24-25H,5,9,12H2,1-2H3,(H,35,36)/t17-,18?,24-,25+/m1/s1. The second-order valence-corrected chi connectivity index (χ2v) is 10.9. The molecule has 1 saturated carbocycles. The largest absolute Gasteiger partial charge is 0.481 e. The lowest BCUT2D eigenvalue weighted by molar-refractivity contribution is -0.139. The average molecular weight is 513 g/mol. The van der Waals surface area contributed by atoms with Crippen LogP contribution >= 0.6 is 0 Å². The molecular formula is C28H24F4N2O3. The molecule has 0 saturated heterocycles. The normalized spacial score (nSPS) is 24.8. The SMILES string of the molecule is CC1(C)CC(c2ccncc2C(F)(F)F)c2cc(COc3cc4c(cn3)[C@H]3[C@@H](C4)[C@@H]3C(=O)O)c(F)cc21. The number of aliphatic carboxylic acids is 1. The van der Waals surface area contributed by atoms with Crippen LogP contribution in [0.5, 0.6) is 5.88 Å². The summed E-state index contributed by atoms with van der Waals surface area (Å²) < 4.78 is 62.2. The van der Waals surface area contributed by atoms with E-state index in [0.29, 0.717) is 29.8 Å². The first-order valence-electron chi connectivity index (χ1n) is 12.1. The van der Waals surface area contributed by atoms with Crippen molar-refractivity contribution in [3.8, 4) is 5.88 Å². The Morgan fingerprint density at radius 3 is 2.68 bits per heavy atom. The molecule has 6 rings (SSSR count). The predicted molar refractivity (Wildman–Crippen MR) is 125 cm³/mol. The molecule has 5 nitrogen and oxygen atoms in total. The summed E-state index contributed by atoms with van der Waals surface area (Å²) in [6.07, 6.45) is 0.338. The number of halogens is 4. The molecule has 1 N–H and O–H groups in total. The Morgan fingerprint density at radius 2 is 1.95 bits per heavy atom. The van der Waals surface area contributed by atoms with E-state index in [1.165, 1.54) is 18.3 Å². The summed E-state index contributed by atoms with van der Waals surface area (Å²) in [5.74, 6) is -1.79. The first kappa shape index (κ1) is 23.9. The Bertz CT molecular complexity index is 1440. The van der Waals surface area contributed by atoms with Crippen LogP contribution in [0.25, 0.3) is 0 Å². The molecular weight excluding hydrogens is 488 g/mol. The van der Waals surface area contributed by atoms with Crippen molar-refractivity contribution in [3.63, 3.8) is 0 Å². The fraction of sp³-hybridized carbons (Fsp3) is 0.393. The van der Waals surface area contributed by atoms with Gasteiger partial charge in [0.25, 0.3) is 0 Å². The van der Waals surface area contributed by atoms with Crippen LogP contribution in [0.2, 0.25) is 0 Å². The molecule has 0 amide bonds. The Hall–Kier alpha value is -3.49. The lowest BCUT2D eigenvalue weighted by Crippen LogP contribution is -2.15. The van der Waals surface area contributed by atoms with Crippen molar-refractivity contribution >= 4 is 5.97 Å². The van der Waals surface area contributed by atoms with Gasteiger partial charge in [0.1, 0.15) is 12.4 Å². The van der Waals surface area contributed by atoms with Crippen LogP contribution in [0.4, 0.5) is 17.6 Å². The van der Waals surface area contributed by atoms with Gasteiger partial charge in [-0.25, -0.2) is 9.37 Å². The fourth-order valence-electron chi connectivity index (χ4n) is 6.41. The number of fused-ring (bicyclic) bond motifs is 4. The van der Waals surface area contributed by atoms with Crippen molar-refractivity contribution in [3.05, 3.63) is 87.6 Å². The number of nitrogens with zero attached hydrogens (tertiary/aromatic N) is 2. The van der Waals surface area contributed by atoms with Gasteiger partial charge in [0, 0.05) is 42.1 Å². The van der Waals surface area contributed by atoms with Gasteiger partial charge in [-0.1, -0.05) is 13.8 Å². The molecule has 0 radical (unpaired) electrons. The molecule has 1 unspecified atom stereocenters. The van der Waals surface area contributed by atoms with Crippen LogP contribution in [-0.4, -0.2) is 21.0 Å². The lowest BCUT2D eigenvalue weighted by Gasteiger charge is -2.21. The number of benzene rings is 1. The van der Waals surface area contributed by atoms with Gasteiger partial charge in [0.15, 0.2) is 0 Å². The van der Waals surface area contributed by atoms with E-state index in [1.807, 2.05) is 13.8 Å². The van der Waals surface area contributed by atoms with Crippen molar-refractivity contribution in [1.29, 1.82) is 0 Å². The minimum atomic E-state index is -4.55. The Kier molecular flexibility index (Phi) is 5.17. The topological polar surface area (TPSA) is 72.3 Å². The lowest BCUT2D eigenvalue weighted by atomic mass is 9.84. The van der Waals surface area contributed by atoms with Crippen LogP contribution in [0, 0.1) is 17.7 Å². The van der Waals surface area contributed by atoms with Gasteiger partial charge in [-0.05, 0) is 70.2 Å². The maximum Gasteiger partial charge on any atom is 0.418 e. The Labute approximate surface area is 210 Å². The summed E-state index contributed by atoms with van der Waals surface area (Å²) in [6, 6.07) is 6.19. The van der Waals surface area contributed by atoms with Gasteiger partial charge >= 0.3 is 12.1 Å². The predicted octanol–water partition coefficient (Wildman–Crippen LogP) is 6.00. The zero-order valence-electron chi connectivity index (χ0n) is 20.1. The number of hydrogen-bond acceptors (Lipinski definition) is 4. The second-order valence-electron chi connectivity index (χ2n) is 10.9. The highest BCUT2D eigenvalue weighted by Gasteiger charge is 2.60. The van der Waals surface area contributed by atoms with Gasteiger partial charge in [0.05, 0.1) is 11.5 Å². The van der Waals surface area contributed by atoms with Crippen molar-refractivity contribution in [1.82, 2.24) is 9.97 Å². The van der Waals surface area contributed by atoms with Crippen LogP contribution in [0.1, 0.15) is 71.0 Å². The van der Waals surface area contributed by atoms with Gasteiger partial charge < -0.3 is 9.84 Å². The second kappa shape index (κ2) is 8.00. The highest BCUT2D eigenvalue weighted by Crippen LogP contribution is 2.61. The van der Waals surface area contributed by atoms with E-state index in [9.17, 15) is 23.1 Å². The number of carboxylic acids is 1. The average Bonchev–Trinajstić information content (AvgIpc) is 3.33.